The maximum Gasteiger partial charge on any atom is 0.387 e. The summed E-state index contributed by atoms with van der Waals surface area (Å²) in [7, 11) is 0. The lowest BCUT2D eigenvalue weighted by atomic mass is 10.0. The number of benzene rings is 1. The lowest BCUT2D eigenvalue weighted by Crippen LogP contribution is -2.20. The quantitative estimate of drug-likeness (QED) is 0.723. The first kappa shape index (κ1) is 14.7. The zero-order valence-corrected chi connectivity index (χ0v) is 9.26. The van der Waals surface area contributed by atoms with Crippen LogP contribution in [0.5, 0.6) is 5.75 Å². The summed E-state index contributed by atoms with van der Waals surface area (Å²) in [5, 5.41) is 27.8. The summed E-state index contributed by atoms with van der Waals surface area (Å²) < 4.78 is 41.2. The van der Waals surface area contributed by atoms with Gasteiger partial charge >= 0.3 is 6.61 Å². The van der Waals surface area contributed by atoms with E-state index < -0.39 is 30.4 Å². The van der Waals surface area contributed by atoms with Gasteiger partial charge in [0.1, 0.15) is 17.7 Å². The van der Waals surface area contributed by atoms with Gasteiger partial charge in [-0.2, -0.15) is 8.78 Å². The molecule has 0 fully saturated rings. The van der Waals surface area contributed by atoms with Crippen molar-refractivity contribution in [3.8, 4) is 5.75 Å². The van der Waals surface area contributed by atoms with E-state index in [4.69, 9.17) is 5.11 Å². The number of aliphatic hydroxyl groups excluding tert-OH is 3. The molecule has 0 aromatic heterocycles. The molecule has 0 aliphatic rings. The van der Waals surface area contributed by atoms with E-state index in [1.807, 2.05) is 0 Å². The van der Waals surface area contributed by atoms with Gasteiger partial charge in [0.2, 0.25) is 0 Å². The van der Waals surface area contributed by atoms with E-state index in [-0.39, 0.29) is 18.6 Å². The summed E-state index contributed by atoms with van der Waals surface area (Å²) in [5.41, 5.74) is -0.169. The maximum atomic E-state index is 12.9. The van der Waals surface area contributed by atoms with Crippen molar-refractivity contribution in [2.75, 3.05) is 6.61 Å². The van der Waals surface area contributed by atoms with Crippen molar-refractivity contribution in [2.45, 2.75) is 25.2 Å². The lowest BCUT2D eigenvalue weighted by Gasteiger charge is -2.20. The van der Waals surface area contributed by atoms with Gasteiger partial charge in [0.05, 0.1) is 6.10 Å². The predicted octanol–water partition coefficient (Wildman–Crippen LogP) is 1.20. The third-order valence-corrected chi connectivity index (χ3v) is 2.30. The van der Waals surface area contributed by atoms with Crippen molar-refractivity contribution in [3.63, 3.8) is 0 Å². The molecule has 102 valence electrons. The maximum absolute atomic E-state index is 12.9. The zero-order chi connectivity index (χ0) is 13.7. The molecule has 3 N–H and O–H groups in total. The average Bonchev–Trinajstić information content (AvgIpc) is 2.28. The molecule has 1 rings (SSSR count). The Hall–Kier alpha value is -1.31. The molecule has 0 spiro atoms. The first-order chi connectivity index (χ1) is 8.45. The number of ether oxygens (including phenoxy) is 1. The van der Waals surface area contributed by atoms with Crippen LogP contribution in [0.1, 0.15) is 18.1 Å². The summed E-state index contributed by atoms with van der Waals surface area (Å²) in [5.74, 6) is -1.35. The van der Waals surface area contributed by atoms with E-state index in [2.05, 4.69) is 4.74 Å². The second kappa shape index (κ2) is 6.58. The third kappa shape index (κ3) is 3.86. The van der Waals surface area contributed by atoms with Gasteiger partial charge in [-0.1, -0.05) is 0 Å². The number of hydrogen-bond donors (Lipinski definition) is 3. The van der Waals surface area contributed by atoms with Gasteiger partial charge in [0.15, 0.2) is 0 Å². The fourth-order valence-electron chi connectivity index (χ4n) is 1.45. The molecule has 2 atom stereocenters. The van der Waals surface area contributed by atoms with Crippen molar-refractivity contribution in [1.29, 1.82) is 0 Å². The summed E-state index contributed by atoms with van der Waals surface area (Å²) in [6, 6.07) is 2.68. The van der Waals surface area contributed by atoms with E-state index in [0.29, 0.717) is 6.07 Å². The van der Waals surface area contributed by atoms with Gasteiger partial charge in [-0.3, -0.25) is 0 Å². The molecule has 0 radical (unpaired) electrons. The molecule has 1 aromatic rings. The Kier molecular flexibility index (Phi) is 5.39. The Morgan fingerprint density at radius 2 is 1.89 bits per heavy atom. The van der Waals surface area contributed by atoms with Crippen LogP contribution in [-0.4, -0.2) is 34.6 Å². The van der Waals surface area contributed by atoms with Crippen molar-refractivity contribution >= 4 is 0 Å². The molecule has 2 unspecified atom stereocenters. The van der Waals surface area contributed by atoms with Crippen molar-refractivity contribution in [2.24, 2.45) is 0 Å². The Morgan fingerprint density at radius 3 is 2.44 bits per heavy atom. The van der Waals surface area contributed by atoms with Crippen molar-refractivity contribution in [1.82, 2.24) is 0 Å². The summed E-state index contributed by atoms with van der Waals surface area (Å²) in [4.78, 5) is 0. The molecule has 0 saturated heterocycles. The second-order valence-corrected chi connectivity index (χ2v) is 3.59. The van der Waals surface area contributed by atoms with Gasteiger partial charge in [0.25, 0.3) is 0 Å². The fraction of sp³-hybridized carbons (Fsp3) is 0.455. The number of alkyl halides is 2. The Labute approximate surface area is 101 Å². The third-order valence-electron chi connectivity index (χ3n) is 2.30. The minimum Gasteiger partial charge on any atom is -0.434 e. The Bertz CT molecular complexity index is 387. The number of halogens is 3. The Morgan fingerprint density at radius 1 is 1.22 bits per heavy atom. The monoisotopic (exact) mass is 266 g/mol. The van der Waals surface area contributed by atoms with Crippen LogP contribution in [0.2, 0.25) is 0 Å². The lowest BCUT2D eigenvalue weighted by molar-refractivity contribution is -0.0546. The van der Waals surface area contributed by atoms with Gasteiger partial charge in [-0.25, -0.2) is 4.39 Å². The van der Waals surface area contributed by atoms with Gasteiger partial charge < -0.3 is 20.1 Å². The summed E-state index contributed by atoms with van der Waals surface area (Å²) in [6.45, 7) is -3.56. The van der Waals surface area contributed by atoms with Crippen LogP contribution < -0.4 is 4.74 Å². The minimum absolute atomic E-state index is 0.146. The highest BCUT2D eigenvalue weighted by Gasteiger charge is 2.23. The van der Waals surface area contributed by atoms with E-state index in [9.17, 15) is 23.4 Å². The molecule has 0 aliphatic carbocycles. The standard InChI is InChI=1S/C11H13F3O4/c12-6-1-2-7(9(5-6)18-11(13)14)10(17)8(16)3-4-15/h1-2,5,8,10-11,15-17H,3-4H2. The molecule has 0 heterocycles. The molecule has 7 heteroatoms. The van der Waals surface area contributed by atoms with Crippen LogP contribution in [0.4, 0.5) is 13.2 Å². The van der Waals surface area contributed by atoms with E-state index in [1.165, 1.54) is 0 Å². The van der Waals surface area contributed by atoms with Gasteiger partial charge in [-0.05, 0) is 18.6 Å². The van der Waals surface area contributed by atoms with Gasteiger partial charge in [0, 0.05) is 18.2 Å². The van der Waals surface area contributed by atoms with E-state index >= 15 is 0 Å². The number of rotatable bonds is 6. The first-order valence-electron chi connectivity index (χ1n) is 5.17. The predicted molar refractivity (Wildman–Crippen MR) is 55.7 cm³/mol. The molecule has 0 saturated carbocycles. The smallest absolute Gasteiger partial charge is 0.387 e. The van der Waals surface area contributed by atoms with Crippen molar-refractivity contribution < 1.29 is 33.2 Å². The van der Waals surface area contributed by atoms with Crippen LogP contribution in [0.15, 0.2) is 18.2 Å². The molecule has 0 amide bonds. The van der Waals surface area contributed by atoms with Crippen LogP contribution in [0, 0.1) is 5.82 Å². The highest BCUT2D eigenvalue weighted by Crippen LogP contribution is 2.30. The minimum atomic E-state index is -3.17. The van der Waals surface area contributed by atoms with Gasteiger partial charge in [-0.15, -0.1) is 0 Å². The molecule has 4 nitrogen and oxygen atoms in total. The second-order valence-electron chi connectivity index (χ2n) is 3.59. The molecule has 0 aliphatic heterocycles. The SMILES string of the molecule is OCCC(O)C(O)c1ccc(F)cc1OC(F)F. The van der Waals surface area contributed by atoms with Crippen LogP contribution >= 0.6 is 0 Å². The zero-order valence-electron chi connectivity index (χ0n) is 9.26. The van der Waals surface area contributed by atoms with Crippen LogP contribution in [-0.2, 0) is 0 Å². The molecule has 0 bridgehead atoms. The summed E-state index contributed by atoms with van der Waals surface area (Å²) in [6.07, 6.45) is -3.06. The topological polar surface area (TPSA) is 69.9 Å². The fourth-order valence-corrected chi connectivity index (χ4v) is 1.45. The highest BCUT2D eigenvalue weighted by atomic mass is 19.3. The normalized spacial score (nSPS) is 14.6. The number of hydrogen-bond acceptors (Lipinski definition) is 4. The Balaban J connectivity index is 2.99. The first-order valence-corrected chi connectivity index (χ1v) is 5.17. The number of aliphatic hydroxyl groups is 3. The molecular formula is C11H13F3O4. The largest absolute Gasteiger partial charge is 0.434 e. The van der Waals surface area contributed by atoms with Crippen LogP contribution in [0.25, 0.3) is 0 Å². The van der Waals surface area contributed by atoms with Crippen LogP contribution in [0.3, 0.4) is 0 Å². The highest BCUT2D eigenvalue weighted by molar-refractivity contribution is 5.36. The molecule has 1 aromatic carbocycles. The van der Waals surface area contributed by atoms with E-state index in [0.717, 1.165) is 12.1 Å². The van der Waals surface area contributed by atoms with E-state index in [1.54, 1.807) is 0 Å². The average molecular weight is 266 g/mol. The molecule has 18 heavy (non-hydrogen) atoms. The summed E-state index contributed by atoms with van der Waals surface area (Å²) >= 11 is 0. The molecular weight excluding hydrogens is 253 g/mol. The van der Waals surface area contributed by atoms with Crippen molar-refractivity contribution in [3.05, 3.63) is 29.6 Å².